The topological polar surface area (TPSA) is 46.6 Å². The van der Waals surface area contributed by atoms with Crippen LogP contribution in [0, 0.1) is 11.3 Å². The van der Waals surface area contributed by atoms with Crippen LogP contribution in [0.5, 0.6) is 5.75 Å². The summed E-state index contributed by atoms with van der Waals surface area (Å²) in [5.41, 5.74) is 1.84. The average Bonchev–Trinajstić information content (AvgIpc) is 2.55. The molecule has 2 bridgehead atoms. The minimum absolute atomic E-state index is 0.119. The number of ether oxygens (including phenoxy) is 1. The molecule has 0 N–H and O–H groups in total. The Morgan fingerprint density at radius 3 is 2.83 bits per heavy atom. The maximum absolute atomic E-state index is 13.2. The van der Waals surface area contributed by atoms with Gasteiger partial charge < -0.3 is 9.64 Å². The van der Waals surface area contributed by atoms with E-state index in [1.807, 2.05) is 30.1 Å². The summed E-state index contributed by atoms with van der Waals surface area (Å²) in [6.07, 6.45) is 2.91. The molecule has 0 unspecified atom stereocenters. The maximum Gasteiger partial charge on any atom is 0.229 e. The molecule has 3 aliphatic rings. The van der Waals surface area contributed by atoms with Gasteiger partial charge in [0.2, 0.25) is 5.91 Å². The normalized spacial score (nSPS) is 35.6. The lowest BCUT2D eigenvalue weighted by Gasteiger charge is -2.55. The fraction of sp³-hybridized carbons (Fsp3) is 0.579. The van der Waals surface area contributed by atoms with E-state index < -0.39 is 0 Å². The fourth-order valence-electron chi connectivity index (χ4n) is 5.03. The van der Waals surface area contributed by atoms with Crippen LogP contribution in [0.3, 0.4) is 0 Å². The van der Waals surface area contributed by atoms with E-state index in [1.165, 1.54) is 0 Å². The summed E-state index contributed by atoms with van der Waals surface area (Å²) < 4.78 is 5.35. The Hall–Kier alpha value is -1.84. The SMILES string of the molecule is COc1ccc2c(c1)C[C@]13C[C@H]2C(=O)C[C@H]1C[C@@H](C)N(C)C3=O. The third-order valence-electron chi connectivity index (χ3n) is 6.45. The van der Waals surface area contributed by atoms with E-state index in [-0.39, 0.29) is 29.2 Å². The zero-order valence-corrected chi connectivity index (χ0v) is 14.0. The van der Waals surface area contributed by atoms with Gasteiger partial charge >= 0.3 is 0 Å². The molecule has 1 spiro atoms. The number of hydrogen-bond donors (Lipinski definition) is 0. The molecule has 4 heteroatoms. The van der Waals surface area contributed by atoms with Crippen molar-refractivity contribution in [1.29, 1.82) is 0 Å². The van der Waals surface area contributed by atoms with Crippen molar-refractivity contribution in [2.45, 2.75) is 44.6 Å². The van der Waals surface area contributed by atoms with Crippen molar-refractivity contribution in [2.75, 3.05) is 14.2 Å². The quantitative estimate of drug-likeness (QED) is 0.800. The number of carbonyl (C=O) groups is 2. The summed E-state index contributed by atoms with van der Waals surface area (Å²) >= 11 is 0. The molecule has 1 saturated carbocycles. The van der Waals surface area contributed by atoms with Gasteiger partial charge in [0.05, 0.1) is 12.5 Å². The van der Waals surface area contributed by atoms with Gasteiger partial charge in [-0.3, -0.25) is 9.59 Å². The van der Waals surface area contributed by atoms with Crippen molar-refractivity contribution in [1.82, 2.24) is 4.90 Å². The standard InChI is InChI=1S/C19H23NO3/c1-11-6-13-8-17(21)16-10-19(13,18(22)20(11)2)9-12-7-14(23-3)4-5-15(12)16/h4-5,7,11,13,16H,6,8-10H2,1-3H3/t11-,13-,16-,19+/m1/s1. The van der Waals surface area contributed by atoms with Crippen LogP contribution in [0.4, 0.5) is 0 Å². The van der Waals surface area contributed by atoms with Crippen LogP contribution in [0.25, 0.3) is 0 Å². The smallest absolute Gasteiger partial charge is 0.229 e. The summed E-state index contributed by atoms with van der Waals surface area (Å²) in [7, 11) is 3.56. The lowest BCUT2D eigenvalue weighted by atomic mass is 9.52. The first-order chi connectivity index (χ1) is 11.0. The second kappa shape index (κ2) is 4.83. The molecule has 4 nitrogen and oxygen atoms in total. The van der Waals surface area contributed by atoms with Gasteiger partial charge in [0.1, 0.15) is 11.5 Å². The zero-order chi connectivity index (χ0) is 16.4. The maximum atomic E-state index is 13.2. The molecule has 0 radical (unpaired) electrons. The van der Waals surface area contributed by atoms with E-state index in [0.29, 0.717) is 18.6 Å². The highest BCUT2D eigenvalue weighted by molar-refractivity contribution is 5.94. The van der Waals surface area contributed by atoms with Crippen LogP contribution in [0.1, 0.15) is 43.2 Å². The number of carbonyl (C=O) groups excluding carboxylic acids is 2. The summed E-state index contributed by atoms with van der Waals surface area (Å²) in [5, 5.41) is 0. The first-order valence-corrected chi connectivity index (χ1v) is 8.43. The van der Waals surface area contributed by atoms with Gasteiger partial charge in [0.15, 0.2) is 0 Å². The van der Waals surface area contributed by atoms with Crippen molar-refractivity contribution in [2.24, 2.45) is 11.3 Å². The second-order valence-corrected chi connectivity index (χ2v) is 7.52. The molecule has 2 fully saturated rings. The van der Waals surface area contributed by atoms with Crippen molar-refractivity contribution in [3.8, 4) is 5.75 Å². The number of nitrogens with zero attached hydrogens (tertiary/aromatic N) is 1. The van der Waals surface area contributed by atoms with Crippen LogP contribution in [-0.4, -0.2) is 36.8 Å². The number of likely N-dealkylation sites (tertiary alicyclic amines) is 1. The number of amides is 1. The Morgan fingerprint density at radius 1 is 1.30 bits per heavy atom. The monoisotopic (exact) mass is 313 g/mol. The van der Waals surface area contributed by atoms with Crippen LogP contribution in [0.2, 0.25) is 0 Å². The van der Waals surface area contributed by atoms with Crippen LogP contribution < -0.4 is 4.74 Å². The molecule has 23 heavy (non-hydrogen) atoms. The Labute approximate surface area is 136 Å². The first kappa shape index (κ1) is 14.7. The van der Waals surface area contributed by atoms with Crippen molar-refractivity contribution >= 4 is 11.7 Å². The number of benzene rings is 1. The van der Waals surface area contributed by atoms with Crippen LogP contribution >= 0.6 is 0 Å². The average molecular weight is 313 g/mol. The van der Waals surface area contributed by atoms with E-state index in [4.69, 9.17) is 4.74 Å². The Balaban J connectivity index is 1.85. The molecule has 1 amide bonds. The van der Waals surface area contributed by atoms with E-state index in [1.54, 1.807) is 7.11 Å². The van der Waals surface area contributed by atoms with Gasteiger partial charge in [-0.25, -0.2) is 0 Å². The van der Waals surface area contributed by atoms with E-state index in [2.05, 4.69) is 6.92 Å². The lowest BCUT2D eigenvalue weighted by molar-refractivity contribution is -0.160. The fourth-order valence-corrected chi connectivity index (χ4v) is 5.03. The molecule has 1 aromatic rings. The molecule has 2 aliphatic carbocycles. The molecular weight excluding hydrogens is 290 g/mol. The number of Topliss-reactive ketones (excluding diaryl/α,β-unsaturated/α-hetero) is 1. The molecule has 4 rings (SSSR count). The number of hydrogen-bond acceptors (Lipinski definition) is 3. The summed E-state index contributed by atoms with van der Waals surface area (Å²) in [6, 6.07) is 6.18. The zero-order valence-electron chi connectivity index (χ0n) is 14.0. The first-order valence-electron chi connectivity index (χ1n) is 8.43. The van der Waals surface area contributed by atoms with Gasteiger partial charge in [-0.1, -0.05) is 6.07 Å². The minimum Gasteiger partial charge on any atom is -0.497 e. The van der Waals surface area contributed by atoms with Crippen LogP contribution in [0.15, 0.2) is 18.2 Å². The molecule has 0 aromatic heterocycles. The Morgan fingerprint density at radius 2 is 2.09 bits per heavy atom. The highest BCUT2D eigenvalue weighted by Gasteiger charge is 2.58. The van der Waals surface area contributed by atoms with E-state index >= 15 is 0 Å². The summed E-state index contributed by atoms with van der Waals surface area (Å²) in [6.45, 7) is 2.08. The minimum atomic E-state index is -0.390. The summed E-state index contributed by atoms with van der Waals surface area (Å²) in [4.78, 5) is 27.8. The molecule has 1 saturated heterocycles. The third kappa shape index (κ3) is 1.90. The molecular formula is C19H23NO3. The molecule has 1 heterocycles. The molecule has 1 aromatic carbocycles. The molecule has 122 valence electrons. The van der Waals surface area contributed by atoms with Gasteiger partial charge in [0, 0.05) is 25.4 Å². The van der Waals surface area contributed by atoms with Gasteiger partial charge in [-0.15, -0.1) is 0 Å². The van der Waals surface area contributed by atoms with Gasteiger partial charge in [0.25, 0.3) is 0 Å². The largest absolute Gasteiger partial charge is 0.497 e. The highest BCUT2D eigenvalue weighted by atomic mass is 16.5. The number of fused-ring (bicyclic) bond motifs is 3. The summed E-state index contributed by atoms with van der Waals surface area (Å²) in [5.74, 6) is 1.40. The van der Waals surface area contributed by atoms with Gasteiger partial charge in [-0.2, -0.15) is 0 Å². The predicted molar refractivity (Wildman–Crippen MR) is 86.5 cm³/mol. The van der Waals surface area contributed by atoms with Crippen molar-refractivity contribution < 1.29 is 14.3 Å². The second-order valence-electron chi connectivity index (χ2n) is 7.52. The van der Waals surface area contributed by atoms with Crippen LogP contribution in [-0.2, 0) is 16.0 Å². The number of ketones is 1. The lowest BCUT2D eigenvalue weighted by Crippen LogP contribution is -2.60. The predicted octanol–water partition coefficient (Wildman–Crippen LogP) is 2.55. The molecule has 1 aliphatic heterocycles. The van der Waals surface area contributed by atoms with E-state index in [0.717, 1.165) is 29.7 Å². The Bertz CT molecular complexity index is 698. The third-order valence-corrected chi connectivity index (χ3v) is 6.45. The number of methoxy groups -OCH3 is 1. The van der Waals surface area contributed by atoms with E-state index in [9.17, 15) is 9.59 Å². The van der Waals surface area contributed by atoms with Gasteiger partial charge in [-0.05, 0) is 55.4 Å². The number of piperidine rings is 1. The van der Waals surface area contributed by atoms with Crippen molar-refractivity contribution in [3.63, 3.8) is 0 Å². The molecule has 4 atom stereocenters. The Kier molecular flexibility index (Phi) is 3.09. The van der Waals surface area contributed by atoms with Crippen molar-refractivity contribution in [3.05, 3.63) is 29.3 Å². The number of rotatable bonds is 1. The highest BCUT2D eigenvalue weighted by Crippen LogP contribution is 2.57.